The molecule has 0 saturated carbocycles. The normalized spacial score (nSPS) is 12.0. The van der Waals surface area contributed by atoms with Crippen LogP contribution >= 0.6 is 23.1 Å². The Balaban J connectivity index is 1.59. The van der Waals surface area contributed by atoms with Crippen molar-refractivity contribution in [3.05, 3.63) is 81.8 Å². The third-order valence-electron chi connectivity index (χ3n) is 3.78. The van der Waals surface area contributed by atoms with Crippen LogP contribution in [0.3, 0.4) is 0 Å². The number of carbonyl (C=O) groups is 1. The van der Waals surface area contributed by atoms with Crippen LogP contribution in [-0.4, -0.2) is 10.9 Å². The van der Waals surface area contributed by atoms with Crippen molar-refractivity contribution in [3.63, 3.8) is 0 Å². The summed E-state index contributed by atoms with van der Waals surface area (Å²) in [5.74, 6) is -1.32. The van der Waals surface area contributed by atoms with Crippen LogP contribution in [0.15, 0.2) is 58.3 Å². The second-order valence-electron chi connectivity index (χ2n) is 5.66. The molecule has 1 amide bonds. The molecule has 0 radical (unpaired) electrons. The Morgan fingerprint density at radius 2 is 1.96 bits per heavy atom. The van der Waals surface area contributed by atoms with E-state index in [-0.39, 0.29) is 5.91 Å². The number of halogens is 2. The van der Waals surface area contributed by atoms with Crippen LogP contribution in [0.1, 0.15) is 34.6 Å². The largest absolute Gasteiger partial charge is 0.346 e. The van der Waals surface area contributed by atoms with Crippen LogP contribution in [-0.2, 0) is 5.75 Å². The molecule has 3 aromatic rings. The second kappa shape index (κ2) is 8.42. The molecule has 0 bridgehead atoms. The molecule has 3 nitrogen and oxygen atoms in total. The lowest BCUT2D eigenvalue weighted by atomic mass is 10.1. The molecular formula is C19H16F2N2OS2. The van der Waals surface area contributed by atoms with Gasteiger partial charge in [-0.05, 0) is 48.9 Å². The van der Waals surface area contributed by atoms with Crippen LogP contribution in [0.2, 0.25) is 0 Å². The first-order valence-corrected chi connectivity index (χ1v) is 9.81. The van der Waals surface area contributed by atoms with Crippen molar-refractivity contribution in [3.8, 4) is 0 Å². The molecule has 1 N–H and O–H groups in total. The molecule has 0 aliphatic heterocycles. The average Bonchev–Trinajstić information content (AvgIpc) is 3.16. The molecule has 2 aromatic carbocycles. The van der Waals surface area contributed by atoms with Crippen molar-refractivity contribution in [1.29, 1.82) is 0 Å². The Bertz CT molecular complexity index is 883. The minimum atomic E-state index is -0.926. The van der Waals surface area contributed by atoms with Gasteiger partial charge in [-0.1, -0.05) is 6.07 Å². The number of carbonyl (C=O) groups excluding carboxylic acids is 1. The molecule has 0 aliphatic rings. The van der Waals surface area contributed by atoms with E-state index in [9.17, 15) is 13.6 Å². The van der Waals surface area contributed by atoms with E-state index in [0.717, 1.165) is 28.5 Å². The molecular weight excluding hydrogens is 374 g/mol. The molecule has 3 rings (SSSR count). The Morgan fingerprint density at radius 1 is 1.19 bits per heavy atom. The van der Waals surface area contributed by atoms with E-state index in [2.05, 4.69) is 10.3 Å². The van der Waals surface area contributed by atoms with Gasteiger partial charge in [-0.2, -0.15) is 0 Å². The summed E-state index contributed by atoms with van der Waals surface area (Å²) < 4.78 is 26.3. The van der Waals surface area contributed by atoms with Crippen molar-refractivity contribution in [1.82, 2.24) is 10.3 Å². The van der Waals surface area contributed by atoms with E-state index in [4.69, 9.17) is 0 Å². The van der Waals surface area contributed by atoms with Crippen LogP contribution in [0.5, 0.6) is 0 Å². The smallest absolute Gasteiger partial charge is 0.251 e. The van der Waals surface area contributed by atoms with Gasteiger partial charge < -0.3 is 5.32 Å². The quantitative estimate of drug-likeness (QED) is 0.588. The number of hydrogen-bond donors (Lipinski definition) is 1. The van der Waals surface area contributed by atoms with Crippen molar-refractivity contribution in [2.24, 2.45) is 0 Å². The minimum Gasteiger partial charge on any atom is -0.346 e. The maximum atomic E-state index is 13.3. The van der Waals surface area contributed by atoms with Gasteiger partial charge in [0.05, 0.1) is 17.2 Å². The number of rotatable bonds is 6. The van der Waals surface area contributed by atoms with Crippen LogP contribution in [0, 0.1) is 11.6 Å². The lowest BCUT2D eigenvalue weighted by Crippen LogP contribution is -2.26. The lowest BCUT2D eigenvalue weighted by molar-refractivity contribution is 0.0939. The van der Waals surface area contributed by atoms with Gasteiger partial charge in [-0.3, -0.25) is 4.79 Å². The summed E-state index contributed by atoms with van der Waals surface area (Å²) in [5, 5.41) is 4.80. The number of nitrogens with zero attached hydrogens (tertiary/aromatic N) is 1. The maximum absolute atomic E-state index is 13.3. The van der Waals surface area contributed by atoms with Crippen molar-refractivity contribution >= 4 is 29.0 Å². The number of thioether (sulfide) groups is 1. The standard InChI is InChI=1S/C19H16F2N2OS2/c1-12(14-4-7-17(20)18(21)8-14)23-19(24)13-2-5-16(6-3-13)26-10-15-9-25-11-22-15/h2-9,11-12H,10H2,1H3,(H,23,24). The van der Waals surface area contributed by atoms with Gasteiger partial charge in [0.15, 0.2) is 11.6 Å². The zero-order valence-corrected chi connectivity index (χ0v) is 15.5. The van der Waals surface area contributed by atoms with E-state index in [1.807, 2.05) is 17.5 Å². The Hall–Kier alpha value is -2.25. The molecule has 1 atom stereocenters. The van der Waals surface area contributed by atoms with Crippen LogP contribution in [0.4, 0.5) is 8.78 Å². The van der Waals surface area contributed by atoms with E-state index in [0.29, 0.717) is 11.1 Å². The predicted molar refractivity (Wildman–Crippen MR) is 100 cm³/mol. The number of nitrogens with one attached hydrogen (secondary N) is 1. The molecule has 0 saturated heterocycles. The molecule has 26 heavy (non-hydrogen) atoms. The fourth-order valence-electron chi connectivity index (χ4n) is 2.31. The van der Waals surface area contributed by atoms with E-state index >= 15 is 0 Å². The number of aromatic nitrogens is 1. The van der Waals surface area contributed by atoms with Crippen LogP contribution < -0.4 is 5.32 Å². The van der Waals surface area contributed by atoms with Gasteiger partial charge in [-0.25, -0.2) is 13.8 Å². The highest BCUT2D eigenvalue weighted by Crippen LogP contribution is 2.23. The summed E-state index contributed by atoms with van der Waals surface area (Å²) >= 11 is 3.21. The van der Waals surface area contributed by atoms with Crippen molar-refractivity contribution in [2.45, 2.75) is 23.6 Å². The van der Waals surface area contributed by atoms with E-state index < -0.39 is 17.7 Å². The Morgan fingerprint density at radius 3 is 2.62 bits per heavy atom. The zero-order valence-electron chi connectivity index (χ0n) is 13.9. The van der Waals surface area contributed by atoms with Gasteiger partial charge >= 0.3 is 0 Å². The number of amides is 1. The Labute approximate surface area is 158 Å². The first-order valence-electron chi connectivity index (χ1n) is 7.88. The molecule has 7 heteroatoms. The molecule has 1 aromatic heterocycles. The zero-order chi connectivity index (χ0) is 18.5. The summed E-state index contributed by atoms with van der Waals surface area (Å²) in [6, 6.07) is 10.4. The minimum absolute atomic E-state index is 0.265. The van der Waals surface area contributed by atoms with E-state index in [1.54, 1.807) is 47.7 Å². The summed E-state index contributed by atoms with van der Waals surface area (Å²) in [7, 11) is 0. The summed E-state index contributed by atoms with van der Waals surface area (Å²) in [6.45, 7) is 1.72. The van der Waals surface area contributed by atoms with Gasteiger partial charge in [-0.15, -0.1) is 23.1 Å². The van der Waals surface area contributed by atoms with E-state index in [1.165, 1.54) is 6.07 Å². The molecule has 0 fully saturated rings. The lowest BCUT2D eigenvalue weighted by Gasteiger charge is -2.15. The fourth-order valence-corrected chi connectivity index (χ4v) is 3.78. The van der Waals surface area contributed by atoms with Crippen molar-refractivity contribution in [2.75, 3.05) is 0 Å². The Kier molecular flexibility index (Phi) is 6.00. The molecule has 134 valence electrons. The highest BCUT2D eigenvalue weighted by molar-refractivity contribution is 7.98. The summed E-state index contributed by atoms with van der Waals surface area (Å²) in [4.78, 5) is 17.6. The summed E-state index contributed by atoms with van der Waals surface area (Å²) in [6.07, 6.45) is 0. The molecule has 0 spiro atoms. The van der Waals surface area contributed by atoms with Gasteiger partial charge in [0.2, 0.25) is 0 Å². The van der Waals surface area contributed by atoms with Gasteiger partial charge in [0, 0.05) is 21.6 Å². The monoisotopic (exact) mass is 390 g/mol. The SMILES string of the molecule is CC(NC(=O)c1ccc(SCc2cscn2)cc1)c1ccc(F)c(F)c1. The molecule has 1 unspecified atom stereocenters. The maximum Gasteiger partial charge on any atom is 0.251 e. The van der Waals surface area contributed by atoms with Gasteiger partial charge in [0.1, 0.15) is 0 Å². The topological polar surface area (TPSA) is 42.0 Å². The molecule has 1 heterocycles. The number of thiazole rings is 1. The second-order valence-corrected chi connectivity index (χ2v) is 7.43. The van der Waals surface area contributed by atoms with Crippen LogP contribution in [0.25, 0.3) is 0 Å². The van der Waals surface area contributed by atoms with Gasteiger partial charge in [0.25, 0.3) is 5.91 Å². The number of hydrogen-bond acceptors (Lipinski definition) is 4. The summed E-state index contributed by atoms with van der Waals surface area (Å²) in [5.41, 5.74) is 3.85. The highest BCUT2D eigenvalue weighted by Gasteiger charge is 2.13. The number of benzene rings is 2. The first kappa shape index (κ1) is 18.5. The fraction of sp³-hybridized carbons (Fsp3) is 0.158. The third kappa shape index (κ3) is 4.68. The average molecular weight is 390 g/mol. The molecule has 0 aliphatic carbocycles. The highest BCUT2D eigenvalue weighted by atomic mass is 32.2. The van der Waals surface area contributed by atoms with Crippen molar-refractivity contribution < 1.29 is 13.6 Å². The third-order valence-corrected chi connectivity index (χ3v) is 5.46. The predicted octanol–water partition coefficient (Wildman–Crippen LogP) is 5.20. The first-order chi connectivity index (χ1) is 12.5.